The first-order chi connectivity index (χ1) is 24.4. The highest BCUT2D eigenvalue weighted by Crippen LogP contribution is 2.62. The molecule has 7 unspecified atom stereocenters. The van der Waals surface area contributed by atoms with Crippen molar-refractivity contribution in [3.05, 3.63) is 124 Å². The predicted octanol–water partition coefficient (Wildman–Crippen LogP) is 11.8. The Bertz CT molecular complexity index is 2080. The van der Waals surface area contributed by atoms with Crippen molar-refractivity contribution in [2.45, 2.75) is 110 Å². The number of hydrogen-bond donors (Lipinski definition) is 0. The molecule has 0 saturated heterocycles. The molecule has 1 aromatic heterocycles. The molecule has 1 fully saturated rings. The van der Waals surface area contributed by atoms with Gasteiger partial charge < -0.3 is 14.2 Å². The first-order valence-corrected chi connectivity index (χ1v) is 19.7. The van der Waals surface area contributed by atoms with E-state index in [2.05, 4.69) is 128 Å². The normalized spacial score (nSPS) is 31.7. The van der Waals surface area contributed by atoms with E-state index in [0.29, 0.717) is 35.8 Å². The molecule has 256 valence electrons. The minimum absolute atomic E-state index is 0.184. The molecule has 3 heteroatoms. The van der Waals surface area contributed by atoms with Crippen molar-refractivity contribution in [3.8, 4) is 5.75 Å². The largest absolute Gasteiger partial charge is 0.489 e. The number of anilines is 1. The van der Waals surface area contributed by atoms with E-state index in [4.69, 9.17) is 4.74 Å². The van der Waals surface area contributed by atoms with Gasteiger partial charge in [0.2, 0.25) is 0 Å². The minimum atomic E-state index is 0.184. The summed E-state index contributed by atoms with van der Waals surface area (Å²) < 4.78 is 9.40. The number of aromatic nitrogens is 1. The number of hydrogen-bond acceptors (Lipinski definition) is 2. The van der Waals surface area contributed by atoms with Crippen molar-refractivity contribution < 1.29 is 4.74 Å². The van der Waals surface area contributed by atoms with Crippen molar-refractivity contribution >= 4 is 22.7 Å². The molecule has 0 bridgehead atoms. The molecule has 0 amide bonds. The summed E-state index contributed by atoms with van der Waals surface area (Å²) >= 11 is 0. The summed E-state index contributed by atoms with van der Waals surface area (Å²) in [6.45, 7) is 9.87. The highest BCUT2D eigenvalue weighted by atomic mass is 16.5. The van der Waals surface area contributed by atoms with Crippen LogP contribution in [0.3, 0.4) is 0 Å². The van der Waals surface area contributed by atoms with E-state index >= 15 is 0 Å². The van der Waals surface area contributed by atoms with Gasteiger partial charge in [-0.15, -0.1) is 0 Å². The average Bonchev–Trinajstić information content (AvgIpc) is 3.76. The smallest absolute Gasteiger partial charge is 0.125 e. The van der Waals surface area contributed by atoms with E-state index in [1.165, 1.54) is 63.9 Å². The molecule has 7 atom stereocenters. The summed E-state index contributed by atoms with van der Waals surface area (Å²) in [7, 11) is 0. The maximum Gasteiger partial charge on any atom is 0.125 e. The summed E-state index contributed by atoms with van der Waals surface area (Å²) in [5.41, 5.74) is 13.6. The molecule has 3 aromatic rings. The quantitative estimate of drug-likeness (QED) is 0.259. The molecule has 50 heavy (non-hydrogen) atoms. The second-order valence-corrected chi connectivity index (χ2v) is 16.9. The zero-order valence-electron chi connectivity index (χ0n) is 30.4. The average molecular weight is 661 g/mol. The van der Waals surface area contributed by atoms with Crippen molar-refractivity contribution in [3.63, 3.8) is 0 Å². The summed E-state index contributed by atoms with van der Waals surface area (Å²) in [5, 5.41) is 1.39. The predicted molar refractivity (Wildman–Crippen MR) is 208 cm³/mol. The lowest BCUT2D eigenvalue weighted by Gasteiger charge is -2.46. The lowest BCUT2D eigenvalue weighted by molar-refractivity contribution is 0.204. The van der Waals surface area contributed by atoms with Crippen LogP contribution >= 0.6 is 0 Å². The summed E-state index contributed by atoms with van der Waals surface area (Å²) in [4.78, 5) is 2.87. The molecule has 0 radical (unpaired) electrons. The Kier molecular flexibility index (Phi) is 7.10. The molecule has 7 aliphatic rings. The molecule has 3 nitrogen and oxygen atoms in total. The third-order valence-corrected chi connectivity index (χ3v) is 14.0. The van der Waals surface area contributed by atoms with E-state index < -0.39 is 0 Å². The highest BCUT2D eigenvalue weighted by Gasteiger charge is 2.53. The maximum absolute atomic E-state index is 6.73. The van der Waals surface area contributed by atoms with Gasteiger partial charge in [0, 0.05) is 56.5 Å². The van der Waals surface area contributed by atoms with Gasteiger partial charge in [-0.25, -0.2) is 0 Å². The van der Waals surface area contributed by atoms with Crippen LogP contribution in [0.25, 0.3) is 17.0 Å². The SMILES string of the molecule is CC1=CCC(n2c3c(c4ccccc42)C=C(N(c2cccc4c2C2C=CCCC2O4)C2CC=C4C(C5CCCC=C5C4(C)C)C2C)CC3)C=C1. The molecule has 0 N–H and O–H groups in total. The maximum atomic E-state index is 6.73. The van der Waals surface area contributed by atoms with Crippen LogP contribution in [0, 0.1) is 23.2 Å². The van der Waals surface area contributed by atoms with Gasteiger partial charge in [-0.1, -0.05) is 104 Å². The number of rotatable bonds is 4. The Morgan fingerprint density at radius 2 is 1.80 bits per heavy atom. The van der Waals surface area contributed by atoms with Crippen LogP contribution in [0.5, 0.6) is 5.75 Å². The Hall–Kier alpha value is -3.98. The van der Waals surface area contributed by atoms with Gasteiger partial charge in [0.1, 0.15) is 11.9 Å². The molecule has 0 spiro atoms. The number of benzene rings is 2. The monoisotopic (exact) mass is 660 g/mol. The number of ether oxygens (including phenoxy) is 1. The molecule has 1 aliphatic heterocycles. The lowest BCUT2D eigenvalue weighted by Crippen LogP contribution is -2.46. The van der Waals surface area contributed by atoms with Crippen molar-refractivity contribution in [2.75, 3.05) is 4.90 Å². The lowest BCUT2D eigenvalue weighted by atomic mass is 9.70. The van der Waals surface area contributed by atoms with Gasteiger partial charge in [0.05, 0.1) is 6.04 Å². The summed E-state index contributed by atoms with van der Waals surface area (Å²) in [6.07, 6.45) is 30.6. The second-order valence-electron chi connectivity index (χ2n) is 16.9. The van der Waals surface area contributed by atoms with Gasteiger partial charge >= 0.3 is 0 Å². The van der Waals surface area contributed by atoms with E-state index in [9.17, 15) is 0 Å². The van der Waals surface area contributed by atoms with Crippen LogP contribution in [0.2, 0.25) is 0 Å². The van der Waals surface area contributed by atoms with Crippen LogP contribution < -0.4 is 9.64 Å². The molecule has 2 aromatic carbocycles. The molecular formula is C47H52N2O. The van der Waals surface area contributed by atoms with Gasteiger partial charge in [-0.3, -0.25) is 0 Å². The Balaban J connectivity index is 1.14. The zero-order valence-corrected chi connectivity index (χ0v) is 30.4. The molecule has 6 aliphatic carbocycles. The van der Waals surface area contributed by atoms with Crippen LogP contribution in [-0.2, 0) is 6.42 Å². The van der Waals surface area contributed by atoms with Crippen molar-refractivity contribution in [2.24, 2.45) is 23.2 Å². The Labute approximate surface area is 298 Å². The highest BCUT2D eigenvalue weighted by molar-refractivity contribution is 5.93. The van der Waals surface area contributed by atoms with Gasteiger partial charge in [0.25, 0.3) is 0 Å². The van der Waals surface area contributed by atoms with Crippen LogP contribution in [0.1, 0.15) is 108 Å². The molecule has 2 heterocycles. The Morgan fingerprint density at radius 3 is 2.68 bits per heavy atom. The van der Waals surface area contributed by atoms with Crippen LogP contribution in [0.4, 0.5) is 5.69 Å². The van der Waals surface area contributed by atoms with E-state index in [1.807, 2.05) is 0 Å². The number of fused-ring (bicyclic) bond motifs is 9. The fourth-order valence-corrected chi connectivity index (χ4v) is 11.7. The molecule has 10 rings (SSSR count). The third kappa shape index (κ3) is 4.47. The zero-order chi connectivity index (χ0) is 33.7. The second kappa shape index (κ2) is 11.5. The van der Waals surface area contributed by atoms with Gasteiger partial charge in [-0.05, 0) is 107 Å². The van der Waals surface area contributed by atoms with E-state index in [-0.39, 0.29) is 11.5 Å². The van der Waals surface area contributed by atoms with Crippen LogP contribution in [0.15, 0.2) is 107 Å². The molecular weight excluding hydrogens is 609 g/mol. The van der Waals surface area contributed by atoms with E-state index in [1.54, 1.807) is 11.1 Å². The van der Waals surface area contributed by atoms with Crippen LogP contribution in [-0.4, -0.2) is 16.7 Å². The van der Waals surface area contributed by atoms with E-state index in [0.717, 1.165) is 44.3 Å². The third-order valence-electron chi connectivity index (χ3n) is 14.0. The minimum Gasteiger partial charge on any atom is -0.489 e. The first-order valence-electron chi connectivity index (χ1n) is 19.7. The standard InChI is InChI=1S/C47H52N2O/c1-29-20-22-31(23-21-29)48-40-16-9-6-12-33(40)36-28-32(24-26-41(36)48)49(42-17-11-19-44-46(42)35-14-7-10-18-43(35)50-44)39-27-25-38-45(30(39)2)34-13-5-8-15-37(34)47(38,3)4/h6-7,9,11-12,14-17,19-22,25,28,30-31,34-35,39,43,45H,5,8,10,13,18,23-24,26-27H2,1-4H3. The first kappa shape index (κ1) is 30.8. The topological polar surface area (TPSA) is 17.4 Å². The number of para-hydroxylation sites is 1. The van der Waals surface area contributed by atoms with Gasteiger partial charge in [0.15, 0.2) is 0 Å². The van der Waals surface area contributed by atoms with Crippen molar-refractivity contribution in [1.82, 2.24) is 4.57 Å². The van der Waals surface area contributed by atoms with Crippen molar-refractivity contribution in [1.29, 1.82) is 0 Å². The number of nitrogens with zero attached hydrogens (tertiary/aromatic N) is 2. The Morgan fingerprint density at radius 1 is 0.900 bits per heavy atom. The number of allylic oxidation sites excluding steroid dienone is 9. The fourth-order valence-electron chi connectivity index (χ4n) is 11.7. The summed E-state index contributed by atoms with van der Waals surface area (Å²) in [6, 6.07) is 16.9. The van der Waals surface area contributed by atoms with Gasteiger partial charge in [-0.2, -0.15) is 0 Å². The summed E-state index contributed by atoms with van der Waals surface area (Å²) in [5.74, 6) is 3.28. The fraction of sp³-hybridized carbons (Fsp3) is 0.447. The molecule has 1 saturated carbocycles.